The third kappa shape index (κ3) is 2.65. The van der Waals surface area contributed by atoms with E-state index in [1.165, 1.54) is 18.2 Å². The number of hydrogen-bond acceptors (Lipinski definition) is 3. The van der Waals surface area contributed by atoms with E-state index in [-0.39, 0.29) is 12.0 Å². The van der Waals surface area contributed by atoms with Gasteiger partial charge in [-0.25, -0.2) is 9.59 Å². The van der Waals surface area contributed by atoms with Gasteiger partial charge in [0.2, 0.25) is 5.60 Å². The van der Waals surface area contributed by atoms with Crippen LogP contribution >= 0.6 is 0 Å². The number of rotatable bonds is 4. The fourth-order valence-electron chi connectivity index (χ4n) is 1.76. The van der Waals surface area contributed by atoms with Crippen molar-refractivity contribution in [3.8, 4) is 5.75 Å². The van der Waals surface area contributed by atoms with Gasteiger partial charge in [0.05, 0.1) is 5.57 Å². The van der Waals surface area contributed by atoms with Crippen LogP contribution in [0.15, 0.2) is 54.1 Å². The van der Waals surface area contributed by atoms with Crippen molar-refractivity contribution in [1.29, 1.82) is 0 Å². The molecule has 0 heterocycles. The summed E-state index contributed by atoms with van der Waals surface area (Å²) in [4.78, 5) is 22.2. The van der Waals surface area contributed by atoms with Gasteiger partial charge >= 0.3 is 11.9 Å². The molecule has 0 radical (unpaired) electrons. The molecule has 2 rings (SSSR count). The number of benzene rings is 1. The molecule has 5 heteroatoms. The van der Waals surface area contributed by atoms with E-state index >= 15 is 0 Å². The van der Waals surface area contributed by atoms with Gasteiger partial charge in [-0.15, -0.1) is 0 Å². The quantitative estimate of drug-likeness (QED) is 0.863. The van der Waals surface area contributed by atoms with Crippen LogP contribution in [0.5, 0.6) is 5.75 Å². The normalized spacial score (nSPS) is 21.6. The van der Waals surface area contributed by atoms with Crippen molar-refractivity contribution >= 4 is 11.9 Å². The van der Waals surface area contributed by atoms with Crippen LogP contribution in [0, 0.1) is 0 Å². The molecule has 98 valence electrons. The smallest absolute Gasteiger partial charge is 0.352 e. The van der Waals surface area contributed by atoms with E-state index in [0.717, 1.165) is 0 Å². The zero-order chi connectivity index (χ0) is 13.9. The van der Waals surface area contributed by atoms with E-state index in [1.807, 2.05) is 0 Å². The molecule has 0 aliphatic heterocycles. The summed E-state index contributed by atoms with van der Waals surface area (Å²) in [6.45, 7) is 0. The molecular formula is C14H12O5. The second kappa shape index (κ2) is 4.97. The molecule has 1 unspecified atom stereocenters. The first kappa shape index (κ1) is 12.9. The number of carboxylic acid groups (broad SMARTS) is 2. The van der Waals surface area contributed by atoms with Crippen LogP contribution in [0.1, 0.15) is 6.42 Å². The second-order valence-corrected chi connectivity index (χ2v) is 4.11. The van der Waals surface area contributed by atoms with E-state index in [0.29, 0.717) is 5.75 Å². The van der Waals surface area contributed by atoms with Gasteiger partial charge in [-0.05, 0) is 24.3 Å². The lowest BCUT2D eigenvalue weighted by Crippen LogP contribution is -2.43. The summed E-state index contributed by atoms with van der Waals surface area (Å²) < 4.78 is 5.51. The molecule has 1 atom stereocenters. The van der Waals surface area contributed by atoms with Gasteiger partial charge < -0.3 is 14.9 Å². The van der Waals surface area contributed by atoms with Crippen LogP contribution < -0.4 is 4.74 Å². The van der Waals surface area contributed by atoms with Crippen molar-refractivity contribution in [3.63, 3.8) is 0 Å². The standard InChI is InChI=1S/C14H12O5/c15-12(16)10-6-8-14(9-7-10,13(17)18)19-11-4-2-1-3-5-11/h1-8H,9H2,(H,15,16)(H,17,18). The minimum absolute atomic E-state index is 0.0324. The largest absolute Gasteiger partial charge is 0.478 e. The Kier molecular flexibility index (Phi) is 3.37. The third-order valence-electron chi connectivity index (χ3n) is 2.81. The van der Waals surface area contributed by atoms with Gasteiger partial charge in [0.15, 0.2) is 0 Å². The SMILES string of the molecule is O=C(O)C1=CCC(Oc2ccccc2)(C(=O)O)C=C1. The Morgan fingerprint density at radius 2 is 1.84 bits per heavy atom. The molecule has 0 spiro atoms. The Hall–Kier alpha value is -2.56. The maximum absolute atomic E-state index is 11.4. The zero-order valence-corrected chi connectivity index (χ0v) is 9.95. The van der Waals surface area contributed by atoms with Crippen molar-refractivity contribution in [3.05, 3.63) is 54.1 Å². The van der Waals surface area contributed by atoms with E-state index in [2.05, 4.69) is 0 Å². The number of ether oxygens (including phenoxy) is 1. The zero-order valence-electron chi connectivity index (χ0n) is 9.95. The lowest BCUT2D eigenvalue weighted by Gasteiger charge is -2.28. The van der Waals surface area contributed by atoms with Crippen LogP contribution in [0.3, 0.4) is 0 Å². The van der Waals surface area contributed by atoms with Crippen LogP contribution in [0.25, 0.3) is 0 Å². The summed E-state index contributed by atoms with van der Waals surface area (Å²) in [5, 5.41) is 18.2. The van der Waals surface area contributed by atoms with Gasteiger partial charge in [0, 0.05) is 6.42 Å². The van der Waals surface area contributed by atoms with Crippen LogP contribution in [0.2, 0.25) is 0 Å². The van der Waals surface area contributed by atoms with Crippen molar-refractivity contribution in [2.24, 2.45) is 0 Å². The lowest BCUT2D eigenvalue weighted by atomic mass is 9.92. The Balaban J connectivity index is 2.26. The summed E-state index contributed by atoms with van der Waals surface area (Å²) >= 11 is 0. The average Bonchev–Trinajstić information content (AvgIpc) is 2.40. The van der Waals surface area contributed by atoms with Gasteiger partial charge in [0.1, 0.15) is 5.75 Å². The van der Waals surface area contributed by atoms with Crippen LogP contribution in [-0.2, 0) is 9.59 Å². The van der Waals surface area contributed by atoms with E-state index in [9.17, 15) is 14.7 Å². The maximum Gasteiger partial charge on any atom is 0.352 e. The number of carboxylic acids is 2. The number of hydrogen-bond donors (Lipinski definition) is 2. The highest BCUT2D eigenvalue weighted by Crippen LogP contribution is 2.28. The summed E-state index contributed by atoms with van der Waals surface area (Å²) in [5.41, 5.74) is -1.49. The minimum atomic E-state index is -1.56. The molecule has 1 aromatic rings. The highest BCUT2D eigenvalue weighted by Gasteiger charge is 2.39. The molecule has 0 bridgehead atoms. The molecule has 1 aliphatic rings. The predicted molar refractivity (Wildman–Crippen MR) is 66.9 cm³/mol. The first-order valence-corrected chi connectivity index (χ1v) is 5.64. The molecule has 0 amide bonds. The Bertz CT molecular complexity index is 558. The summed E-state index contributed by atoms with van der Waals surface area (Å²) in [6.07, 6.45) is 3.84. The first-order chi connectivity index (χ1) is 9.03. The number of para-hydroxylation sites is 1. The molecule has 19 heavy (non-hydrogen) atoms. The lowest BCUT2D eigenvalue weighted by molar-refractivity contribution is -0.151. The molecule has 0 saturated carbocycles. The van der Waals surface area contributed by atoms with Gasteiger partial charge in [-0.1, -0.05) is 24.3 Å². The van der Waals surface area contributed by atoms with Crippen molar-refractivity contribution in [2.45, 2.75) is 12.0 Å². The topological polar surface area (TPSA) is 83.8 Å². The Morgan fingerprint density at radius 3 is 2.32 bits per heavy atom. The summed E-state index contributed by atoms with van der Waals surface area (Å²) in [7, 11) is 0. The first-order valence-electron chi connectivity index (χ1n) is 5.64. The molecule has 0 aromatic heterocycles. The average molecular weight is 260 g/mol. The molecule has 1 aromatic carbocycles. The molecule has 5 nitrogen and oxygen atoms in total. The van der Waals surface area contributed by atoms with Crippen molar-refractivity contribution in [1.82, 2.24) is 0 Å². The number of carbonyl (C=O) groups is 2. The van der Waals surface area contributed by atoms with E-state index in [4.69, 9.17) is 9.84 Å². The Morgan fingerprint density at radius 1 is 1.16 bits per heavy atom. The summed E-state index contributed by atoms with van der Waals surface area (Å²) in [6, 6.07) is 8.55. The molecule has 2 N–H and O–H groups in total. The molecule has 1 aliphatic carbocycles. The Labute approximate surface area is 109 Å². The van der Waals surface area contributed by atoms with Gasteiger partial charge in [-0.3, -0.25) is 0 Å². The van der Waals surface area contributed by atoms with Gasteiger partial charge in [0.25, 0.3) is 0 Å². The predicted octanol–water partition coefficient (Wildman–Crippen LogP) is 1.86. The molecular weight excluding hydrogens is 248 g/mol. The fraction of sp³-hybridized carbons (Fsp3) is 0.143. The fourth-order valence-corrected chi connectivity index (χ4v) is 1.76. The minimum Gasteiger partial charge on any atom is -0.478 e. The highest BCUT2D eigenvalue weighted by molar-refractivity contribution is 5.92. The molecule has 0 saturated heterocycles. The molecule has 0 fully saturated rings. The number of aliphatic carboxylic acids is 2. The van der Waals surface area contributed by atoms with Crippen molar-refractivity contribution in [2.75, 3.05) is 0 Å². The van der Waals surface area contributed by atoms with E-state index < -0.39 is 17.5 Å². The second-order valence-electron chi connectivity index (χ2n) is 4.11. The highest BCUT2D eigenvalue weighted by atomic mass is 16.5. The monoisotopic (exact) mass is 260 g/mol. The summed E-state index contributed by atoms with van der Waals surface area (Å²) in [5.74, 6) is -1.83. The van der Waals surface area contributed by atoms with Gasteiger partial charge in [-0.2, -0.15) is 0 Å². The third-order valence-corrected chi connectivity index (χ3v) is 2.81. The van der Waals surface area contributed by atoms with Crippen LogP contribution in [0.4, 0.5) is 0 Å². The van der Waals surface area contributed by atoms with E-state index in [1.54, 1.807) is 30.3 Å². The van der Waals surface area contributed by atoms with Crippen molar-refractivity contribution < 1.29 is 24.5 Å². The maximum atomic E-state index is 11.4. The van der Waals surface area contributed by atoms with Crippen LogP contribution in [-0.4, -0.2) is 27.8 Å².